The molecular formula is C19H21N3O2S. The number of hydrogen-bond acceptors (Lipinski definition) is 5. The lowest BCUT2D eigenvalue weighted by Gasteiger charge is -2.09. The van der Waals surface area contributed by atoms with Crippen LogP contribution < -0.4 is 9.47 Å². The third-order valence-corrected chi connectivity index (χ3v) is 4.62. The molecule has 5 nitrogen and oxygen atoms in total. The van der Waals surface area contributed by atoms with Crippen molar-refractivity contribution < 1.29 is 9.47 Å². The Kier molecular flexibility index (Phi) is 5.95. The summed E-state index contributed by atoms with van der Waals surface area (Å²) in [6.07, 6.45) is 0. The van der Waals surface area contributed by atoms with E-state index < -0.39 is 0 Å². The van der Waals surface area contributed by atoms with E-state index in [0.717, 1.165) is 40.3 Å². The first-order valence-electron chi connectivity index (χ1n) is 8.20. The van der Waals surface area contributed by atoms with Crippen molar-refractivity contribution in [1.82, 2.24) is 14.8 Å². The van der Waals surface area contributed by atoms with Crippen molar-refractivity contribution in [2.24, 2.45) is 0 Å². The second kappa shape index (κ2) is 8.58. The number of benzene rings is 2. The maximum Gasteiger partial charge on any atom is 0.191 e. The van der Waals surface area contributed by atoms with Gasteiger partial charge in [0.05, 0.1) is 13.7 Å². The SMILES string of the molecule is CCn1c(SCCOc2ccccc2)nnc1-c1cccc(OC)c1. The molecule has 130 valence electrons. The molecule has 1 heterocycles. The third-order valence-electron chi connectivity index (χ3n) is 3.69. The van der Waals surface area contributed by atoms with E-state index in [1.165, 1.54) is 0 Å². The van der Waals surface area contributed by atoms with E-state index in [1.54, 1.807) is 18.9 Å². The van der Waals surface area contributed by atoms with Crippen molar-refractivity contribution in [3.63, 3.8) is 0 Å². The fourth-order valence-electron chi connectivity index (χ4n) is 2.47. The maximum absolute atomic E-state index is 5.73. The average molecular weight is 355 g/mol. The standard InChI is InChI=1S/C19H21N3O2S/c1-3-22-18(15-8-7-11-17(14-15)23-2)20-21-19(22)25-13-12-24-16-9-5-4-6-10-16/h4-11,14H,3,12-13H2,1-2H3. The van der Waals surface area contributed by atoms with E-state index in [1.807, 2.05) is 54.6 Å². The minimum Gasteiger partial charge on any atom is -0.497 e. The van der Waals surface area contributed by atoms with Gasteiger partial charge in [-0.3, -0.25) is 0 Å². The molecule has 0 fully saturated rings. The van der Waals surface area contributed by atoms with Crippen molar-refractivity contribution >= 4 is 11.8 Å². The molecule has 0 spiro atoms. The molecule has 6 heteroatoms. The summed E-state index contributed by atoms with van der Waals surface area (Å²) in [4.78, 5) is 0. The largest absolute Gasteiger partial charge is 0.497 e. The van der Waals surface area contributed by atoms with Crippen LogP contribution in [0.3, 0.4) is 0 Å². The predicted molar refractivity (Wildman–Crippen MR) is 100 cm³/mol. The zero-order valence-electron chi connectivity index (χ0n) is 14.4. The molecule has 3 aromatic rings. The summed E-state index contributed by atoms with van der Waals surface area (Å²) in [6.45, 7) is 3.53. The highest BCUT2D eigenvalue weighted by atomic mass is 32.2. The lowest BCUT2D eigenvalue weighted by Crippen LogP contribution is -2.03. The van der Waals surface area contributed by atoms with Crippen LogP contribution in [0.25, 0.3) is 11.4 Å². The molecule has 0 aliphatic rings. The molecule has 0 bridgehead atoms. The smallest absolute Gasteiger partial charge is 0.191 e. The highest BCUT2D eigenvalue weighted by molar-refractivity contribution is 7.99. The van der Waals surface area contributed by atoms with E-state index in [4.69, 9.17) is 9.47 Å². The van der Waals surface area contributed by atoms with Crippen molar-refractivity contribution in [3.05, 3.63) is 54.6 Å². The molecule has 0 atom stereocenters. The third kappa shape index (κ3) is 4.33. The van der Waals surface area contributed by atoms with Gasteiger partial charge in [0.15, 0.2) is 11.0 Å². The molecule has 0 aliphatic heterocycles. The normalized spacial score (nSPS) is 10.6. The molecule has 1 aromatic heterocycles. The van der Waals surface area contributed by atoms with Gasteiger partial charge in [-0.1, -0.05) is 42.1 Å². The van der Waals surface area contributed by atoms with Gasteiger partial charge in [0.25, 0.3) is 0 Å². The Labute approximate surface area is 152 Å². The minimum atomic E-state index is 0.625. The van der Waals surface area contributed by atoms with E-state index >= 15 is 0 Å². The van der Waals surface area contributed by atoms with Gasteiger partial charge in [-0.15, -0.1) is 10.2 Å². The van der Waals surface area contributed by atoms with E-state index in [0.29, 0.717) is 6.61 Å². The minimum absolute atomic E-state index is 0.625. The van der Waals surface area contributed by atoms with Crippen LogP contribution in [0.4, 0.5) is 0 Å². The van der Waals surface area contributed by atoms with Crippen LogP contribution in [-0.4, -0.2) is 34.2 Å². The first kappa shape index (κ1) is 17.4. The monoisotopic (exact) mass is 355 g/mol. The summed E-state index contributed by atoms with van der Waals surface area (Å²) in [7, 11) is 1.66. The predicted octanol–water partition coefficient (Wildman–Crippen LogP) is 4.14. The molecule has 0 saturated carbocycles. The number of methoxy groups -OCH3 is 1. The quantitative estimate of drug-likeness (QED) is 0.449. The summed E-state index contributed by atoms with van der Waals surface area (Å²) in [5, 5.41) is 9.61. The topological polar surface area (TPSA) is 49.2 Å². The van der Waals surface area contributed by atoms with Gasteiger partial charge in [-0.05, 0) is 31.2 Å². The van der Waals surface area contributed by atoms with Crippen LogP contribution in [0.15, 0.2) is 59.8 Å². The first-order valence-corrected chi connectivity index (χ1v) is 9.18. The van der Waals surface area contributed by atoms with Crippen LogP contribution >= 0.6 is 11.8 Å². The average Bonchev–Trinajstić information content (AvgIpc) is 3.09. The van der Waals surface area contributed by atoms with Crippen LogP contribution in [0.2, 0.25) is 0 Å². The number of nitrogens with zero attached hydrogens (tertiary/aromatic N) is 3. The number of aromatic nitrogens is 3. The second-order valence-corrected chi connectivity index (χ2v) is 6.35. The summed E-state index contributed by atoms with van der Waals surface area (Å²) >= 11 is 1.65. The lowest BCUT2D eigenvalue weighted by atomic mass is 10.2. The molecule has 25 heavy (non-hydrogen) atoms. The number of para-hydroxylation sites is 1. The highest BCUT2D eigenvalue weighted by Crippen LogP contribution is 2.26. The summed E-state index contributed by atoms with van der Waals surface area (Å²) in [5.41, 5.74) is 1.00. The van der Waals surface area contributed by atoms with Gasteiger partial charge in [-0.25, -0.2) is 0 Å². The lowest BCUT2D eigenvalue weighted by molar-refractivity contribution is 0.344. The molecule has 3 rings (SSSR count). The van der Waals surface area contributed by atoms with E-state index in [9.17, 15) is 0 Å². The second-order valence-electron chi connectivity index (χ2n) is 5.29. The van der Waals surface area contributed by atoms with Crippen LogP contribution in [-0.2, 0) is 6.54 Å². The van der Waals surface area contributed by atoms with Gasteiger partial charge in [-0.2, -0.15) is 0 Å². The van der Waals surface area contributed by atoms with Gasteiger partial charge in [0.2, 0.25) is 0 Å². The number of thioether (sulfide) groups is 1. The van der Waals surface area contributed by atoms with Gasteiger partial charge >= 0.3 is 0 Å². The Morgan fingerprint density at radius 2 is 1.80 bits per heavy atom. The molecule has 0 aliphatic carbocycles. The van der Waals surface area contributed by atoms with Crippen molar-refractivity contribution in [2.75, 3.05) is 19.5 Å². The Morgan fingerprint density at radius 3 is 2.56 bits per heavy atom. The Hall–Kier alpha value is -2.47. The van der Waals surface area contributed by atoms with Crippen molar-refractivity contribution in [3.8, 4) is 22.9 Å². The van der Waals surface area contributed by atoms with Crippen LogP contribution in [0.1, 0.15) is 6.92 Å². The molecule has 0 saturated heterocycles. The van der Waals surface area contributed by atoms with E-state index in [-0.39, 0.29) is 0 Å². The Bertz CT molecular complexity index is 805. The van der Waals surface area contributed by atoms with E-state index in [2.05, 4.69) is 21.7 Å². The first-order chi connectivity index (χ1) is 12.3. The maximum atomic E-state index is 5.73. The summed E-state index contributed by atoms with van der Waals surface area (Å²) in [6, 6.07) is 17.7. The summed E-state index contributed by atoms with van der Waals surface area (Å²) in [5.74, 6) is 3.36. The molecule has 0 radical (unpaired) electrons. The van der Waals surface area contributed by atoms with Crippen molar-refractivity contribution in [1.29, 1.82) is 0 Å². The van der Waals surface area contributed by atoms with Crippen LogP contribution in [0, 0.1) is 0 Å². The zero-order chi connectivity index (χ0) is 17.5. The fraction of sp³-hybridized carbons (Fsp3) is 0.263. The molecule has 0 amide bonds. The fourth-order valence-corrected chi connectivity index (χ4v) is 3.28. The number of ether oxygens (including phenoxy) is 2. The van der Waals surface area contributed by atoms with Gasteiger partial charge < -0.3 is 14.0 Å². The van der Waals surface area contributed by atoms with Gasteiger partial charge in [0, 0.05) is 17.9 Å². The molecule has 0 unspecified atom stereocenters. The Balaban J connectivity index is 1.65. The number of rotatable bonds is 8. The zero-order valence-corrected chi connectivity index (χ0v) is 15.2. The summed E-state index contributed by atoms with van der Waals surface area (Å²) < 4.78 is 13.1. The van der Waals surface area contributed by atoms with Crippen LogP contribution in [0.5, 0.6) is 11.5 Å². The van der Waals surface area contributed by atoms with Gasteiger partial charge in [0.1, 0.15) is 11.5 Å². The molecule has 0 N–H and O–H groups in total. The van der Waals surface area contributed by atoms with Crippen molar-refractivity contribution in [2.45, 2.75) is 18.6 Å². The molecule has 2 aromatic carbocycles. The highest BCUT2D eigenvalue weighted by Gasteiger charge is 2.13. The Morgan fingerprint density at radius 1 is 1.00 bits per heavy atom. The number of hydrogen-bond donors (Lipinski definition) is 0. The molecular weight excluding hydrogens is 334 g/mol.